The molecule has 3 amide bonds. The largest absolute Gasteiger partial charge is 0.366 e. The summed E-state index contributed by atoms with van der Waals surface area (Å²) in [6.45, 7) is 0.538. The standard InChI is InChI=1S/C20H19F2N3O3/c21-13-5-6-14(16(22)11-13)20(28)25-9-7-12(8-10-25)19(27)24-17-4-2-1-3-15(17)18(23)26/h1-6,11-12H,7-10H2,(H2,23,26)(H,24,27). The molecule has 3 rings (SSSR count). The quantitative estimate of drug-likeness (QED) is 0.844. The number of piperidine rings is 1. The van der Waals surface area contributed by atoms with Crippen molar-refractivity contribution in [3.63, 3.8) is 0 Å². The molecule has 0 radical (unpaired) electrons. The van der Waals surface area contributed by atoms with Gasteiger partial charge in [-0.3, -0.25) is 14.4 Å². The molecule has 28 heavy (non-hydrogen) atoms. The van der Waals surface area contributed by atoms with E-state index >= 15 is 0 Å². The Hall–Kier alpha value is -3.29. The molecule has 6 nitrogen and oxygen atoms in total. The number of rotatable bonds is 4. The lowest BCUT2D eigenvalue weighted by atomic mass is 9.95. The van der Waals surface area contributed by atoms with Crippen molar-refractivity contribution in [2.45, 2.75) is 12.8 Å². The number of likely N-dealkylation sites (tertiary alicyclic amines) is 1. The molecule has 3 N–H and O–H groups in total. The fourth-order valence-corrected chi connectivity index (χ4v) is 3.22. The second-order valence-electron chi connectivity index (χ2n) is 6.59. The molecule has 146 valence electrons. The molecule has 1 heterocycles. The lowest BCUT2D eigenvalue weighted by Gasteiger charge is -2.31. The maximum absolute atomic E-state index is 13.8. The molecule has 2 aromatic rings. The molecule has 1 saturated heterocycles. The van der Waals surface area contributed by atoms with Crippen LogP contribution in [0, 0.1) is 17.6 Å². The molecule has 0 saturated carbocycles. The molecule has 0 atom stereocenters. The van der Waals surface area contributed by atoms with Gasteiger partial charge in [0.25, 0.3) is 11.8 Å². The number of primary amides is 1. The maximum atomic E-state index is 13.8. The fraction of sp³-hybridized carbons (Fsp3) is 0.250. The number of carbonyl (C=O) groups is 3. The van der Waals surface area contributed by atoms with Crippen LogP contribution in [-0.4, -0.2) is 35.7 Å². The second kappa shape index (κ2) is 8.16. The summed E-state index contributed by atoms with van der Waals surface area (Å²) in [4.78, 5) is 37.8. The summed E-state index contributed by atoms with van der Waals surface area (Å²) in [7, 11) is 0. The van der Waals surface area contributed by atoms with Gasteiger partial charge in [-0.05, 0) is 37.1 Å². The van der Waals surface area contributed by atoms with Crippen molar-refractivity contribution in [1.82, 2.24) is 4.90 Å². The van der Waals surface area contributed by atoms with Gasteiger partial charge in [0.15, 0.2) is 0 Å². The first kappa shape index (κ1) is 19.5. The van der Waals surface area contributed by atoms with E-state index in [1.807, 2.05) is 0 Å². The minimum absolute atomic E-state index is 0.195. The lowest BCUT2D eigenvalue weighted by molar-refractivity contribution is -0.121. The summed E-state index contributed by atoms with van der Waals surface area (Å²) in [5.74, 6) is -3.46. The van der Waals surface area contributed by atoms with Crippen LogP contribution in [0.5, 0.6) is 0 Å². The van der Waals surface area contributed by atoms with Gasteiger partial charge in [-0.1, -0.05) is 12.1 Å². The normalized spacial score (nSPS) is 14.6. The third-order valence-corrected chi connectivity index (χ3v) is 4.76. The molecule has 0 unspecified atom stereocenters. The highest BCUT2D eigenvalue weighted by Crippen LogP contribution is 2.23. The number of carbonyl (C=O) groups excluding carboxylic acids is 3. The number of nitrogens with two attached hydrogens (primary N) is 1. The van der Waals surface area contributed by atoms with E-state index in [0.29, 0.717) is 24.6 Å². The zero-order chi connectivity index (χ0) is 20.3. The zero-order valence-electron chi connectivity index (χ0n) is 15.0. The minimum atomic E-state index is -0.909. The van der Waals surface area contributed by atoms with Crippen LogP contribution in [0.1, 0.15) is 33.6 Å². The van der Waals surface area contributed by atoms with Crippen molar-refractivity contribution in [2.75, 3.05) is 18.4 Å². The first-order valence-corrected chi connectivity index (χ1v) is 8.81. The van der Waals surface area contributed by atoms with Crippen LogP contribution in [0.3, 0.4) is 0 Å². The number of hydrogen-bond acceptors (Lipinski definition) is 3. The molecular weight excluding hydrogens is 368 g/mol. The average Bonchev–Trinajstić information content (AvgIpc) is 2.68. The number of nitrogens with one attached hydrogen (secondary N) is 1. The Balaban J connectivity index is 1.61. The van der Waals surface area contributed by atoms with Gasteiger partial charge in [0.1, 0.15) is 11.6 Å². The SMILES string of the molecule is NC(=O)c1ccccc1NC(=O)C1CCN(C(=O)c2ccc(F)cc2F)CC1. The third-order valence-electron chi connectivity index (χ3n) is 4.76. The van der Waals surface area contributed by atoms with Gasteiger partial charge >= 0.3 is 0 Å². The fourth-order valence-electron chi connectivity index (χ4n) is 3.22. The monoisotopic (exact) mass is 387 g/mol. The molecule has 0 aliphatic carbocycles. The van der Waals surface area contributed by atoms with Crippen LogP contribution in [0.4, 0.5) is 14.5 Å². The number of nitrogens with zero attached hydrogens (tertiary/aromatic N) is 1. The predicted molar refractivity (Wildman–Crippen MR) is 98.6 cm³/mol. The Morgan fingerprint density at radius 1 is 1.00 bits per heavy atom. The number of halogens is 2. The second-order valence-corrected chi connectivity index (χ2v) is 6.59. The van der Waals surface area contributed by atoms with Crippen molar-refractivity contribution < 1.29 is 23.2 Å². The van der Waals surface area contributed by atoms with Gasteiger partial charge in [0.05, 0.1) is 16.8 Å². The Morgan fingerprint density at radius 2 is 1.68 bits per heavy atom. The number of anilines is 1. The minimum Gasteiger partial charge on any atom is -0.366 e. The predicted octanol–water partition coefficient (Wildman–Crippen LogP) is 2.55. The molecule has 2 aromatic carbocycles. The molecule has 1 aliphatic heterocycles. The summed E-state index contributed by atoms with van der Waals surface area (Å²) in [5.41, 5.74) is 5.67. The van der Waals surface area contributed by atoms with E-state index in [0.717, 1.165) is 12.1 Å². The van der Waals surface area contributed by atoms with Crippen molar-refractivity contribution in [2.24, 2.45) is 11.7 Å². The smallest absolute Gasteiger partial charge is 0.256 e. The average molecular weight is 387 g/mol. The lowest BCUT2D eigenvalue weighted by Crippen LogP contribution is -2.41. The zero-order valence-corrected chi connectivity index (χ0v) is 15.0. The van der Waals surface area contributed by atoms with Crippen molar-refractivity contribution in [3.05, 3.63) is 65.2 Å². The van der Waals surface area contributed by atoms with E-state index in [9.17, 15) is 23.2 Å². The Labute approximate surface area is 160 Å². The van der Waals surface area contributed by atoms with Crippen LogP contribution < -0.4 is 11.1 Å². The topological polar surface area (TPSA) is 92.5 Å². The summed E-state index contributed by atoms with van der Waals surface area (Å²) in [6, 6.07) is 9.27. The van der Waals surface area contributed by atoms with Crippen LogP contribution in [-0.2, 0) is 4.79 Å². The summed E-state index contributed by atoms with van der Waals surface area (Å²) in [6.07, 6.45) is 0.776. The molecule has 0 aromatic heterocycles. The summed E-state index contributed by atoms with van der Waals surface area (Å²) in [5, 5.41) is 2.71. The van der Waals surface area contributed by atoms with Gasteiger partial charge < -0.3 is 16.0 Å². The van der Waals surface area contributed by atoms with E-state index in [4.69, 9.17) is 5.73 Å². The Bertz CT molecular complexity index is 925. The molecular formula is C20H19F2N3O3. The van der Waals surface area contributed by atoms with Crippen molar-refractivity contribution in [1.29, 1.82) is 0 Å². The van der Waals surface area contributed by atoms with Crippen LogP contribution in [0.25, 0.3) is 0 Å². The van der Waals surface area contributed by atoms with Gasteiger partial charge in [0.2, 0.25) is 5.91 Å². The van der Waals surface area contributed by atoms with E-state index in [2.05, 4.69) is 5.32 Å². The van der Waals surface area contributed by atoms with E-state index < -0.39 is 23.4 Å². The maximum Gasteiger partial charge on any atom is 0.256 e. The highest BCUT2D eigenvalue weighted by atomic mass is 19.1. The van der Waals surface area contributed by atoms with E-state index in [1.54, 1.807) is 18.2 Å². The van der Waals surface area contributed by atoms with Gasteiger partial charge in [-0.25, -0.2) is 8.78 Å². The van der Waals surface area contributed by atoms with Crippen molar-refractivity contribution in [3.8, 4) is 0 Å². The summed E-state index contributed by atoms with van der Waals surface area (Å²) < 4.78 is 26.8. The first-order chi connectivity index (χ1) is 13.4. The van der Waals surface area contributed by atoms with Gasteiger partial charge in [-0.15, -0.1) is 0 Å². The molecule has 1 fully saturated rings. The summed E-state index contributed by atoms with van der Waals surface area (Å²) >= 11 is 0. The highest BCUT2D eigenvalue weighted by Gasteiger charge is 2.29. The number of hydrogen-bond donors (Lipinski definition) is 2. The molecule has 0 spiro atoms. The number of amides is 3. The number of para-hydroxylation sites is 1. The van der Waals surface area contributed by atoms with E-state index in [-0.39, 0.29) is 36.0 Å². The number of benzene rings is 2. The molecule has 1 aliphatic rings. The first-order valence-electron chi connectivity index (χ1n) is 8.81. The van der Waals surface area contributed by atoms with Gasteiger partial charge in [0, 0.05) is 25.1 Å². The molecule has 0 bridgehead atoms. The Morgan fingerprint density at radius 3 is 2.32 bits per heavy atom. The van der Waals surface area contributed by atoms with Crippen molar-refractivity contribution >= 4 is 23.4 Å². The highest BCUT2D eigenvalue weighted by molar-refractivity contribution is 6.03. The Kier molecular flexibility index (Phi) is 5.67. The van der Waals surface area contributed by atoms with Gasteiger partial charge in [-0.2, -0.15) is 0 Å². The van der Waals surface area contributed by atoms with E-state index in [1.165, 1.54) is 11.0 Å². The van der Waals surface area contributed by atoms with Crippen LogP contribution in [0.15, 0.2) is 42.5 Å². The third kappa shape index (κ3) is 4.16. The van der Waals surface area contributed by atoms with Crippen LogP contribution >= 0.6 is 0 Å². The van der Waals surface area contributed by atoms with Crippen LogP contribution in [0.2, 0.25) is 0 Å². The molecule has 8 heteroatoms.